The lowest BCUT2D eigenvalue weighted by molar-refractivity contribution is 0.590. The second-order valence-corrected chi connectivity index (χ2v) is 7.55. The summed E-state index contributed by atoms with van der Waals surface area (Å²) in [5, 5.41) is 0. The quantitative estimate of drug-likeness (QED) is 0.583. The molecule has 0 amide bonds. The van der Waals surface area contributed by atoms with E-state index in [1.807, 2.05) is 12.1 Å². The first-order chi connectivity index (χ1) is 7.89. The van der Waals surface area contributed by atoms with E-state index in [2.05, 4.69) is 32.9 Å². The fourth-order valence-electron chi connectivity index (χ4n) is 1.54. The molecule has 0 saturated heterocycles. The Bertz CT molecular complexity index is 598. The molecule has 0 radical (unpaired) electrons. The normalized spacial score (nSPS) is 11.7. The molecule has 0 aliphatic rings. The summed E-state index contributed by atoms with van der Waals surface area (Å²) in [4.78, 5) is 11.6. The van der Waals surface area contributed by atoms with Crippen LogP contribution in [0.1, 0.15) is 26.3 Å². The van der Waals surface area contributed by atoms with Crippen molar-refractivity contribution in [3.63, 3.8) is 0 Å². The molecule has 0 aliphatic heterocycles. The molecule has 0 bridgehead atoms. The minimum Gasteiger partial charge on any atom is -0.255 e. The van der Waals surface area contributed by atoms with Crippen LogP contribution in [0.5, 0.6) is 0 Å². The van der Waals surface area contributed by atoms with Gasteiger partial charge in [-0.05, 0) is 56.0 Å². The fraction of sp³-hybridized carbons (Fsp3) is 0.333. The van der Waals surface area contributed by atoms with E-state index in [0.717, 1.165) is 5.69 Å². The molecular formula is C12H13NOS3. The van der Waals surface area contributed by atoms with Crippen LogP contribution in [0.3, 0.4) is 0 Å². The summed E-state index contributed by atoms with van der Waals surface area (Å²) in [5.41, 5.74) is 2.22. The Hall–Kier alpha value is -0.780. The van der Waals surface area contributed by atoms with E-state index in [9.17, 15) is 4.79 Å². The summed E-state index contributed by atoms with van der Waals surface area (Å²) in [6, 6.07) is 8.02. The van der Waals surface area contributed by atoms with Gasteiger partial charge in [-0.15, -0.1) is 0 Å². The number of aromatic nitrogens is 1. The van der Waals surface area contributed by atoms with E-state index >= 15 is 0 Å². The minimum atomic E-state index is -0.0106. The number of benzene rings is 1. The third kappa shape index (κ3) is 2.56. The van der Waals surface area contributed by atoms with Crippen molar-refractivity contribution in [2.75, 3.05) is 0 Å². The molecule has 1 aromatic heterocycles. The number of hydrogen-bond donors (Lipinski definition) is 0. The molecule has 0 spiro atoms. The van der Waals surface area contributed by atoms with Crippen molar-refractivity contribution in [1.82, 2.24) is 4.57 Å². The van der Waals surface area contributed by atoms with Gasteiger partial charge >= 0.3 is 4.87 Å². The SMILES string of the molecule is CC(C)(C)c1ccc(-n2c(=O)ssc2=S)cc1. The zero-order valence-corrected chi connectivity index (χ0v) is 12.3. The van der Waals surface area contributed by atoms with Gasteiger partial charge in [0.25, 0.3) is 0 Å². The van der Waals surface area contributed by atoms with Crippen LogP contribution < -0.4 is 4.87 Å². The molecule has 0 fully saturated rings. The molecule has 1 heterocycles. The molecule has 90 valence electrons. The molecule has 5 heteroatoms. The summed E-state index contributed by atoms with van der Waals surface area (Å²) in [7, 11) is 2.52. The van der Waals surface area contributed by atoms with Gasteiger partial charge in [0.1, 0.15) is 0 Å². The van der Waals surface area contributed by atoms with Crippen molar-refractivity contribution in [2.45, 2.75) is 26.2 Å². The highest BCUT2D eigenvalue weighted by Gasteiger charge is 2.13. The van der Waals surface area contributed by atoms with Crippen LogP contribution in [-0.2, 0) is 5.41 Å². The fourth-order valence-corrected chi connectivity index (χ4v) is 3.70. The standard InChI is InChI=1S/C12H13NOS3/c1-12(2,3)8-4-6-9(7-5-8)13-10(14)16-17-11(13)15/h4-7H,1-3H3. The van der Waals surface area contributed by atoms with E-state index in [1.54, 1.807) is 4.57 Å². The Morgan fingerprint density at radius 2 is 1.71 bits per heavy atom. The van der Waals surface area contributed by atoms with Gasteiger partial charge < -0.3 is 0 Å². The van der Waals surface area contributed by atoms with Crippen molar-refractivity contribution < 1.29 is 0 Å². The maximum atomic E-state index is 11.6. The highest BCUT2D eigenvalue weighted by atomic mass is 32.9. The van der Waals surface area contributed by atoms with Crippen LogP contribution in [0.4, 0.5) is 0 Å². The molecule has 2 rings (SSSR count). The summed E-state index contributed by atoms with van der Waals surface area (Å²) in [6.45, 7) is 6.50. The summed E-state index contributed by atoms with van der Waals surface area (Å²) >= 11 is 5.15. The van der Waals surface area contributed by atoms with Crippen LogP contribution in [0.2, 0.25) is 0 Å². The summed E-state index contributed by atoms with van der Waals surface area (Å²) < 4.78 is 2.19. The van der Waals surface area contributed by atoms with Gasteiger partial charge in [-0.25, -0.2) is 4.57 Å². The molecule has 1 aromatic carbocycles. The Morgan fingerprint density at radius 3 is 2.12 bits per heavy atom. The van der Waals surface area contributed by atoms with Crippen LogP contribution in [0.25, 0.3) is 5.69 Å². The first-order valence-electron chi connectivity index (χ1n) is 5.23. The van der Waals surface area contributed by atoms with Crippen molar-refractivity contribution in [3.8, 4) is 5.69 Å². The monoisotopic (exact) mass is 283 g/mol. The van der Waals surface area contributed by atoms with E-state index in [-0.39, 0.29) is 10.3 Å². The second-order valence-electron chi connectivity index (χ2n) is 4.83. The van der Waals surface area contributed by atoms with Crippen molar-refractivity contribution in [1.29, 1.82) is 0 Å². The van der Waals surface area contributed by atoms with Gasteiger partial charge in [0.15, 0.2) is 3.95 Å². The first kappa shape index (κ1) is 12.7. The van der Waals surface area contributed by atoms with E-state index in [4.69, 9.17) is 12.2 Å². The predicted octanol–water partition coefficient (Wildman–Crippen LogP) is 3.99. The summed E-state index contributed by atoms with van der Waals surface area (Å²) in [6.07, 6.45) is 0. The minimum absolute atomic E-state index is 0.0106. The zero-order valence-electron chi connectivity index (χ0n) is 9.89. The van der Waals surface area contributed by atoms with Crippen LogP contribution in [-0.4, -0.2) is 4.57 Å². The van der Waals surface area contributed by atoms with Gasteiger partial charge in [0.05, 0.1) is 5.69 Å². The number of rotatable bonds is 1. The maximum absolute atomic E-state index is 11.6. The van der Waals surface area contributed by atoms with E-state index in [0.29, 0.717) is 3.95 Å². The third-order valence-corrected chi connectivity index (χ3v) is 5.17. The van der Waals surface area contributed by atoms with Crippen LogP contribution >= 0.6 is 32.9 Å². The lowest BCUT2D eigenvalue weighted by atomic mass is 9.87. The molecule has 0 atom stereocenters. The highest BCUT2D eigenvalue weighted by molar-refractivity contribution is 7.79. The molecule has 17 heavy (non-hydrogen) atoms. The third-order valence-electron chi connectivity index (χ3n) is 2.54. The van der Waals surface area contributed by atoms with Crippen LogP contribution in [0, 0.1) is 3.95 Å². The summed E-state index contributed by atoms with van der Waals surface area (Å²) in [5.74, 6) is 0. The maximum Gasteiger partial charge on any atom is 0.323 e. The van der Waals surface area contributed by atoms with Gasteiger partial charge in [0, 0.05) is 0 Å². The van der Waals surface area contributed by atoms with Crippen molar-refractivity contribution in [3.05, 3.63) is 43.5 Å². The molecule has 0 saturated carbocycles. The molecular weight excluding hydrogens is 270 g/mol. The molecule has 2 aromatic rings. The number of nitrogens with zero attached hydrogens (tertiary/aromatic N) is 1. The average Bonchev–Trinajstić information content (AvgIpc) is 2.58. The predicted molar refractivity (Wildman–Crippen MR) is 77.3 cm³/mol. The largest absolute Gasteiger partial charge is 0.323 e. The first-order valence-corrected chi connectivity index (χ1v) is 7.78. The Balaban J connectivity index is 2.51. The van der Waals surface area contributed by atoms with Gasteiger partial charge in [-0.1, -0.05) is 32.9 Å². The lowest BCUT2D eigenvalue weighted by Gasteiger charge is -2.19. The van der Waals surface area contributed by atoms with Crippen molar-refractivity contribution in [2.24, 2.45) is 0 Å². The average molecular weight is 283 g/mol. The van der Waals surface area contributed by atoms with Crippen molar-refractivity contribution >= 4 is 32.9 Å². The van der Waals surface area contributed by atoms with Gasteiger partial charge in [-0.2, -0.15) is 0 Å². The van der Waals surface area contributed by atoms with Gasteiger partial charge in [0.2, 0.25) is 0 Å². The lowest BCUT2D eigenvalue weighted by Crippen LogP contribution is -2.13. The molecule has 2 nitrogen and oxygen atoms in total. The Morgan fingerprint density at radius 1 is 1.12 bits per heavy atom. The number of hydrogen-bond acceptors (Lipinski definition) is 4. The van der Waals surface area contributed by atoms with E-state index < -0.39 is 0 Å². The Kier molecular flexibility index (Phi) is 3.34. The second kappa shape index (κ2) is 4.48. The Labute approximate surface area is 113 Å². The van der Waals surface area contributed by atoms with E-state index in [1.165, 1.54) is 26.2 Å². The molecule has 0 N–H and O–H groups in total. The molecule has 0 aliphatic carbocycles. The van der Waals surface area contributed by atoms with Crippen LogP contribution in [0.15, 0.2) is 29.1 Å². The van der Waals surface area contributed by atoms with Gasteiger partial charge in [-0.3, -0.25) is 4.79 Å². The topological polar surface area (TPSA) is 22.0 Å². The smallest absolute Gasteiger partial charge is 0.255 e. The zero-order chi connectivity index (χ0) is 12.6. The highest BCUT2D eigenvalue weighted by Crippen LogP contribution is 2.23. The molecule has 0 unspecified atom stereocenters.